The Bertz CT molecular complexity index is 555. The highest BCUT2D eigenvalue weighted by Gasteiger charge is 2.12. The fourth-order valence-electron chi connectivity index (χ4n) is 1.97. The number of hydrogen-bond donors (Lipinski definition) is 0. The number of hydrogen-bond acceptors (Lipinski definition) is 1. The lowest BCUT2D eigenvalue weighted by atomic mass is 10.2. The number of alkyl halides is 1. The van der Waals surface area contributed by atoms with Crippen molar-refractivity contribution in [3.8, 4) is 0 Å². The molecule has 0 bridgehead atoms. The second kappa shape index (κ2) is 6.15. The molecule has 0 amide bonds. The highest BCUT2D eigenvalue weighted by atomic mass is 79.9. The highest BCUT2D eigenvalue weighted by molar-refractivity contribution is 9.08. The van der Waals surface area contributed by atoms with Crippen LogP contribution in [0.3, 0.4) is 0 Å². The maximum atomic E-state index is 14.1. The molecule has 2 rings (SSSR count). The van der Waals surface area contributed by atoms with Crippen LogP contribution in [0.4, 0.5) is 20.2 Å². The van der Waals surface area contributed by atoms with Crippen LogP contribution in [0.5, 0.6) is 0 Å². The van der Waals surface area contributed by atoms with Crippen molar-refractivity contribution in [2.75, 3.05) is 11.4 Å². The Morgan fingerprint density at radius 3 is 2.26 bits per heavy atom. The molecule has 2 aromatic rings. The summed E-state index contributed by atoms with van der Waals surface area (Å²) in [6, 6.07) is 11.2. The van der Waals surface area contributed by atoms with Gasteiger partial charge in [-0.3, -0.25) is 0 Å². The number of benzene rings is 2. The standard InChI is InChI=1S/C15H14BrF2N/c1-2-19(13-6-4-12(17)5-7-13)15-8-3-11(10-16)9-14(15)18/h3-9H,2,10H2,1H3. The summed E-state index contributed by atoms with van der Waals surface area (Å²) < 4.78 is 27.0. The van der Waals surface area contributed by atoms with Crippen LogP contribution in [0.15, 0.2) is 42.5 Å². The minimum absolute atomic E-state index is 0.275. The maximum absolute atomic E-state index is 14.1. The predicted molar refractivity (Wildman–Crippen MR) is 78.1 cm³/mol. The van der Waals surface area contributed by atoms with Gasteiger partial charge in [0.1, 0.15) is 11.6 Å². The fourth-order valence-corrected chi connectivity index (χ4v) is 2.31. The van der Waals surface area contributed by atoms with Crippen LogP contribution in [0, 0.1) is 11.6 Å². The van der Waals surface area contributed by atoms with Crippen molar-refractivity contribution in [3.05, 3.63) is 59.7 Å². The van der Waals surface area contributed by atoms with Gasteiger partial charge < -0.3 is 4.90 Å². The van der Waals surface area contributed by atoms with Gasteiger partial charge >= 0.3 is 0 Å². The molecule has 2 aromatic carbocycles. The summed E-state index contributed by atoms with van der Waals surface area (Å²) >= 11 is 3.30. The van der Waals surface area contributed by atoms with Crippen molar-refractivity contribution in [1.82, 2.24) is 0 Å². The van der Waals surface area contributed by atoms with Crippen molar-refractivity contribution in [1.29, 1.82) is 0 Å². The average molecular weight is 326 g/mol. The molecule has 0 saturated carbocycles. The molecule has 0 heterocycles. The van der Waals surface area contributed by atoms with Gasteiger partial charge in [-0.25, -0.2) is 8.78 Å². The molecule has 0 N–H and O–H groups in total. The quantitative estimate of drug-likeness (QED) is 0.713. The van der Waals surface area contributed by atoms with Crippen LogP contribution in [-0.2, 0) is 5.33 Å². The van der Waals surface area contributed by atoms with E-state index in [0.29, 0.717) is 17.6 Å². The van der Waals surface area contributed by atoms with Gasteiger partial charge in [0.15, 0.2) is 0 Å². The van der Waals surface area contributed by atoms with Crippen LogP contribution in [-0.4, -0.2) is 6.54 Å². The number of nitrogens with zero attached hydrogens (tertiary/aromatic N) is 1. The summed E-state index contributed by atoms with van der Waals surface area (Å²) in [7, 11) is 0. The minimum atomic E-state index is -0.296. The third-order valence-corrected chi connectivity index (χ3v) is 3.56. The maximum Gasteiger partial charge on any atom is 0.147 e. The molecule has 0 unspecified atom stereocenters. The first kappa shape index (κ1) is 14.0. The summed E-state index contributed by atoms with van der Waals surface area (Å²) in [5.74, 6) is -0.571. The van der Waals surface area contributed by atoms with Crippen LogP contribution in [0.25, 0.3) is 0 Å². The first-order chi connectivity index (χ1) is 9.15. The zero-order chi connectivity index (χ0) is 13.8. The van der Waals surface area contributed by atoms with Gasteiger partial charge in [-0.1, -0.05) is 22.0 Å². The number of anilines is 2. The van der Waals surface area contributed by atoms with Gasteiger partial charge in [-0.15, -0.1) is 0 Å². The highest BCUT2D eigenvalue weighted by Crippen LogP contribution is 2.28. The first-order valence-electron chi connectivity index (χ1n) is 6.03. The van der Waals surface area contributed by atoms with E-state index >= 15 is 0 Å². The van der Waals surface area contributed by atoms with Crippen LogP contribution < -0.4 is 4.90 Å². The van der Waals surface area contributed by atoms with Crippen molar-refractivity contribution >= 4 is 27.3 Å². The molecule has 0 atom stereocenters. The third-order valence-electron chi connectivity index (χ3n) is 2.91. The van der Waals surface area contributed by atoms with E-state index in [1.807, 2.05) is 17.9 Å². The zero-order valence-corrected chi connectivity index (χ0v) is 12.1. The number of halogens is 3. The van der Waals surface area contributed by atoms with Crippen molar-refractivity contribution in [2.45, 2.75) is 12.3 Å². The fraction of sp³-hybridized carbons (Fsp3) is 0.200. The molecule has 0 aliphatic carbocycles. The molecular formula is C15H14BrF2N. The molecule has 0 spiro atoms. The SMILES string of the molecule is CCN(c1ccc(F)cc1)c1ccc(CBr)cc1F. The topological polar surface area (TPSA) is 3.24 Å². The first-order valence-corrected chi connectivity index (χ1v) is 7.15. The van der Waals surface area contributed by atoms with Crippen molar-refractivity contribution < 1.29 is 8.78 Å². The lowest BCUT2D eigenvalue weighted by molar-refractivity contribution is 0.623. The molecular weight excluding hydrogens is 312 g/mol. The van der Waals surface area contributed by atoms with Crippen molar-refractivity contribution in [3.63, 3.8) is 0 Å². The summed E-state index contributed by atoms with van der Waals surface area (Å²) in [4.78, 5) is 1.81. The summed E-state index contributed by atoms with van der Waals surface area (Å²) in [6.07, 6.45) is 0. The van der Waals surface area contributed by atoms with E-state index < -0.39 is 0 Å². The second-order valence-electron chi connectivity index (χ2n) is 4.14. The van der Waals surface area contributed by atoms with Gasteiger partial charge in [0.25, 0.3) is 0 Å². The number of rotatable bonds is 4. The Balaban J connectivity index is 2.39. The van der Waals surface area contributed by atoms with Gasteiger partial charge in [0.05, 0.1) is 5.69 Å². The Labute approximate surface area is 120 Å². The molecule has 0 aliphatic rings. The van der Waals surface area contributed by atoms with Gasteiger partial charge in [-0.05, 0) is 48.9 Å². The van der Waals surface area contributed by atoms with Crippen LogP contribution in [0.1, 0.15) is 12.5 Å². The molecule has 0 aliphatic heterocycles. The second-order valence-corrected chi connectivity index (χ2v) is 4.70. The Kier molecular flexibility index (Phi) is 4.53. The van der Waals surface area contributed by atoms with Crippen LogP contribution in [0.2, 0.25) is 0 Å². The predicted octanol–water partition coefficient (Wildman–Crippen LogP) is 5.02. The average Bonchev–Trinajstić information content (AvgIpc) is 2.43. The normalized spacial score (nSPS) is 10.5. The van der Waals surface area contributed by atoms with Gasteiger partial charge in [-0.2, -0.15) is 0 Å². The van der Waals surface area contributed by atoms with Crippen molar-refractivity contribution in [2.24, 2.45) is 0 Å². The third kappa shape index (κ3) is 3.13. The summed E-state index contributed by atoms with van der Waals surface area (Å²) in [6.45, 7) is 2.54. The van der Waals surface area contributed by atoms with E-state index in [1.54, 1.807) is 18.2 Å². The van der Waals surface area contributed by atoms with E-state index in [1.165, 1.54) is 18.2 Å². The molecule has 0 fully saturated rings. The monoisotopic (exact) mass is 325 g/mol. The summed E-state index contributed by atoms with van der Waals surface area (Å²) in [5, 5.41) is 0.618. The zero-order valence-electron chi connectivity index (χ0n) is 10.5. The van der Waals surface area contributed by atoms with E-state index in [2.05, 4.69) is 15.9 Å². The molecule has 0 saturated heterocycles. The molecule has 100 valence electrons. The van der Waals surface area contributed by atoms with Crippen LogP contribution >= 0.6 is 15.9 Å². The Morgan fingerprint density at radius 2 is 1.74 bits per heavy atom. The molecule has 0 aromatic heterocycles. The van der Waals surface area contributed by atoms with Gasteiger partial charge in [0.2, 0.25) is 0 Å². The Morgan fingerprint density at radius 1 is 1.05 bits per heavy atom. The van der Waals surface area contributed by atoms with E-state index in [0.717, 1.165) is 11.3 Å². The lowest BCUT2D eigenvalue weighted by Gasteiger charge is -2.24. The molecule has 1 nitrogen and oxygen atoms in total. The Hall–Kier alpha value is -1.42. The van der Waals surface area contributed by atoms with E-state index in [4.69, 9.17) is 0 Å². The summed E-state index contributed by atoms with van der Waals surface area (Å²) in [5.41, 5.74) is 2.16. The van der Waals surface area contributed by atoms with E-state index in [-0.39, 0.29) is 11.6 Å². The minimum Gasteiger partial charge on any atom is -0.339 e. The van der Waals surface area contributed by atoms with E-state index in [9.17, 15) is 8.78 Å². The smallest absolute Gasteiger partial charge is 0.147 e. The lowest BCUT2D eigenvalue weighted by Crippen LogP contribution is -2.17. The molecule has 19 heavy (non-hydrogen) atoms. The van der Waals surface area contributed by atoms with Gasteiger partial charge in [0, 0.05) is 17.6 Å². The molecule has 4 heteroatoms. The largest absolute Gasteiger partial charge is 0.339 e. The molecule has 0 radical (unpaired) electrons.